The second-order valence-electron chi connectivity index (χ2n) is 5.64. The average Bonchev–Trinajstić information content (AvgIpc) is 2.54. The highest BCUT2D eigenvalue weighted by molar-refractivity contribution is 7.89. The molecule has 0 atom stereocenters. The van der Waals surface area contributed by atoms with Gasteiger partial charge in [-0.2, -0.15) is 4.31 Å². The third kappa shape index (κ3) is 2.88. The van der Waals surface area contributed by atoms with E-state index in [1.54, 1.807) is 24.0 Å². The number of fused-ring (bicyclic) bond motifs is 1. The molecule has 1 aromatic carbocycles. The number of hydrogen-bond acceptors (Lipinski definition) is 4. The number of amides is 1. The van der Waals surface area contributed by atoms with Gasteiger partial charge < -0.3 is 9.64 Å². The van der Waals surface area contributed by atoms with E-state index >= 15 is 0 Å². The number of ether oxygens (including phenoxy) is 1. The minimum absolute atomic E-state index is 0.0205. The summed E-state index contributed by atoms with van der Waals surface area (Å²) >= 11 is 0. The van der Waals surface area contributed by atoms with Gasteiger partial charge in [0.2, 0.25) is 15.9 Å². The van der Waals surface area contributed by atoms with Gasteiger partial charge in [0.25, 0.3) is 0 Å². The molecule has 0 aliphatic carbocycles. The van der Waals surface area contributed by atoms with Crippen LogP contribution in [0.15, 0.2) is 23.1 Å². The molecule has 120 valence electrons. The summed E-state index contributed by atoms with van der Waals surface area (Å²) in [5.74, 6) is 0.0205. The van der Waals surface area contributed by atoms with Gasteiger partial charge in [0, 0.05) is 33.1 Å². The molecule has 0 saturated carbocycles. The topological polar surface area (TPSA) is 66.9 Å². The van der Waals surface area contributed by atoms with Crippen LogP contribution in [-0.2, 0) is 32.5 Å². The fraction of sp³-hybridized carbons (Fsp3) is 0.533. The lowest BCUT2D eigenvalue weighted by Crippen LogP contribution is -2.40. The lowest BCUT2D eigenvalue weighted by molar-refractivity contribution is -0.129. The fourth-order valence-corrected chi connectivity index (χ4v) is 4.36. The first kappa shape index (κ1) is 15.5. The predicted octanol–water partition coefficient (Wildman–Crippen LogP) is 0.612. The van der Waals surface area contributed by atoms with Gasteiger partial charge in [0.15, 0.2) is 0 Å². The minimum Gasteiger partial charge on any atom is -0.379 e. The molecule has 2 aliphatic heterocycles. The molecule has 0 radical (unpaired) electrons. The summed E-state index contributed by atoms with van der Waals surface area (Å²) in [5, 5.41) is 0. The first-order valence-electron chi connectivity index (χ1n) is 7.44. The van der Waals surface area contributed by atoms with Gasteiger partial charge in [-0.3, -0.25) is 4.79 Å². The normalized spacial score (nSPS) is 19.8. The number of benzene rings is 1. The largest absolute Gasteiger partial charge is 0.379 e. The monoisotopic (exact) mass is 324 g/mol. The van der Waals surface area contributed by atoms with E-state index in [-0.39, 0.29) is 5.91 Å². The zero-order valence-corrected chi connectivity index (χ0v) is 13.4. The Morgan fingerprint density at radius 2 is 1.86 bits per heavy atom. The minimum atomic E-state index is -3.48. The van der Waals surface area contributed by atoms with Crippen LogP contribution >= 0.6 is 0 Å². The first-order chi connectivity index (χ1) is 10.5. The van der Waals surface area contributed by atoms with Gasteiger partial charge in [0.1, 0.15) is 0 Å². The third-order valence-electron chi connectivity index (χ3n) is 4.24. The van der Waals surface area contributed by atoms with Crippen molar-refractivity contribution < 1.29 is 17.9 Å². The van der Waals surface area contributed by atoms with E-state index < -0.39 is 10.0 Å². The van der Waals surface area contributed by atoms with Gasteiger partial charge in [0.05, 0.1) is 18.1 Å². The predicted molar refractivity (Wildman–Crippen MR) is 80.8 cm³/mol. The van der Waals surface area contributed by atoms with Crippen molar-refractivity contribution in [3.63, 3.8) is 0 Å². The molecule has 0 spiro atoms. The summed E-state index contributed by atoms with van der Waals surface area (Å²) < 4.78 is 32.0. The van der Waals surface area contributed by atoms with E-state index in [0.717, 1.165) is 17.5 Å². The van der Waals surface area contributed by atoms with Crippen LogP contribution in [0.3, 0.4) is 0 Å². The van der Waals surface area contributed by atoms with E-state index in [9.17, 15) is 13.2 Å². The van der Waals surface area contributed by atoms with Gasteiger partial charge in [-0.05, 0) is 29.7 Å². The molecule has 2 aliphatic rings. The van der Waals surface area contributed by atoms with Crippen LogP contribution in [0.5, 0.6) is 0 Å². The Morgan fingerprint density at radius 3 is 2.55 bits per heavy atom. The van der Waals surface area contributed by atoms with Crippen LogP contribution in [0, 0.1) is 0 Å². The molecule has 1 fully saturated rings. The van der Waals surface area contributed by atoms with E-state index in [4.69, 9.17) is 4.74 Å². The highest BCUT2D eigenvalue weighted by atomic mass is 32.2. The van der Waals surface area contributed by atoms with E-state index in [2.05, 4.69) is 0 Å². The quantitative estimate of drug-likeness (QED) is 0.799. The SMILES string of the molecule is CC(=O)N1CCc2ccc(S(=O)(=O)N3CCOCC3)cc2C1. The number of carbonyl (C=O) groups is 1. The summed E-state index contributed by atoms with van der Waals surface area (Å²) in [6.07, 6.45) is 0.771. The second kappa shape index (κ2) is 5.98. The van der Waals surface area contributed by atoms with Crippen LogP contribution in [-0.4, -0.2) is 56.4 Å². The smallest absolute Gasteiger partial charge is 0.243 e. The van der Waals surface area contributed by atoms with Crippen molar-refractivity contribution in [3.05, 3.63) is 29.3 Å². The van der Waals surface area contributed by atoms with Crippen molar-refractivity contribution in [3.8, 4) is 0 Å². The molecule has 1 aromatic rings. The Labute approximate surface area is 130 Å². The first-order valence-corrected chi connectivity index (χ1v) is 8.88. The maximum atomic E-state index is 12.7. The van der Waals surface area contributed by atoms with Crippen LogP contribution in [0.4, 0.5) is 0 Å². The zero-order valence-electron chi connectivity index (χ0n) is 12.6. The lowest BCUT2D eigenvalue weighted by Gasteiger charge is -2.29. The fourth-order valence-electron chi connectivity index (χ4n) is 2.90. The molecule has 22 heavy (non-hydrogen) atoms. The summed E-state index contributed by atoms with van der Waals surface area (Å²) in [7, 11) is -3.48. The summed E-state index contributed by atoms with van der Waals surface area (Å²) in [5.41, 5.74) is 2.05. The average molecular weight is 324 g/mol. The Morgan fingerprint density at radius 1 is 1.14 bits per heavy atom. The van der Waals surface area contributed by atoms with Crippen molar-refractivity contribution in [1.29, 1.82) is 0 Å². The van der Waals surface area contributed by atoms with Gasteiger partial charge in [-0.25, -0.2) is 8.42 Å². The van der Waals surface area contributed by atoms with E-state index in [1.807, 2.05) is 6.07 Å². The third-order valence-corrected chi connectivity index (χ3v) is 6.14. The molecule has 0 bridgehead atoms. The van der Waals surface area contributed by atoms with Crippen molar-refractivity contribution in [2.45, 2.75) is 24.8 Å². The lowest BCUT2D eigenvalue weighted by atomic mass is 10.00. The van der Waals surface area contributed by atoms with Crippen molar-refractivity contribution in [2.75, 3.05) is 32.8 Å². The Hall–Kier alpha value is -1.44. The van der Waals surface area contributed by atoms with Gasteiger partial charge in [-0.1, -0.05) is 6.07 Å². The van der Waals surface area contributed by atoms with Crippen molar-refractivity contribution in [2.24, 2.45) is 0 Å². The molecule has 1 amide bonds. The number of carbonyl (C=O) groups excluding carboxylic acids is 1. The Balaban J connectivity index is 1.89. The maximum Gasteiger partial charge on any atom is 0.243 e. The Kier molecular flexibility index (Phi) is 4.20. The van der Waals surface area contributed by atoms with E-state index in [1.165, 1.54) is 4.31 Å². The Bertz CT molecular complexity index is 681. The summed E-state index contributed by atoms with van der Waals surface area (Å²) in [6, 6.07) is 5.27. The number of sulfonamides is 1. The molecule has 2 heterocycles. The van der Waals surface area contributed by atoms with Gasteiger partial charge >= 0.3 is 0 Å². The van der Waals surface area contributed by atoms with Crippen LogP contribution in [0.2, 0.25) is 0 Å². The number of nitrogens with zero attached hydrogens (tertiary/aromatic N) is 2. The zero-order chi connectivity index (χ0) is 15.7. The standard InChI is InChI=1S/C15H20N2O4S/c1-12(18)16-5-4-13-2-3-15(10-14(13)11-16)22(19,20)17-6-8-21-9-7-17/h2-3,10H,4-9,11H2,1H3. The number of hydrogen-bond donors (Lipinski definition) is 0. The molecular weight excluding hydrogens is 304 g/mol. The van der Waals surface area contributed by atoms with Crippen molar-refractivity contribution in [1.82, 2.24) is 9.21 Å². The second-order valence-corrected chi connectivity index (χ2v) is 7.58. The van der Waals surface area contributed by atoms with Crippen LogP contribution in [0.1, 0.15) is 18.1 Å². The van der Waals surface area contributed by atoms with E-state index in [0.29, 0.717) is 44.3 Å². The van der Waals surface area contributed by atoms with Crippen LogP contribution < -0.4 is 0 Å². The molecule has 0 unspecified atom stereocenters. The molecule has 0 aromatic heterocycles. The maximum absolute atomic E-state index is 12.7. The van der Waals surface area contributed by atoms with Crippen molar-refractivity contribution >= 4 is 15.9 Å². The van der Waals surface area contributed by atoms with Gasteiger partial charge in [-0.15, -0.1) is 0 Å². The molecular formula is C15H20N2O4S. The highest BCUT2D eigenvalue weighted by Crippen LogP contribution is 2.25. The molecule has 6 nitrogen and oxygen atoms in total. The summed E-state index contributed by atoms with van der Waals surface area (Å²) in [4.78, 5) is 13.6. The molecule has 0 N–H and O–H groups in total. The number of rotatable bonds is 2. The highest BCUT2D eigenvalue weighted by Gasteiger charge is 2.28. The molecule has 1 saturated heterocycles. The molecule has 7 heteroatoms. The molecule has 3 rings (SSSR count). The van der Waals surface area contributed by atoms with Crippen LogP contribution in [0.25, 0.3) is 0 Å². The summed E-state index contributed by atoms with van der Waals surface area (Å²) in [6.45, 7) is 4.36. The number of morpholine rings is 1.